The molecule has 0 aliphatic carbocycles. The molecule has 0 radical (unpaired) electrons. The average Bonchev–Trinajstić information content (AvgIpc) is 2.73. The molecule has 0 spiro atoms. The van der Waals surface area contributed by atoms with Crippen LogP contribution in [0.2, 0.25) is 0 Å². The van der Waals surface area contributed by atoms with Gasteiger partial charge in [0.25, 0.3) is 11.8 Å². The summed E-state index contributed by atoms with van der Waals surface area (Å²) >= 11 is 0. The Morgan fingerprint density at radius 3 is 2.20 bits per heavy atom. The Balaban J connectivity index is 2.31. The highest BCUT2D eigenvalue weighted by molar-refractivity contribution is 6.06. The minimum absolute atomic E-state index is 0.0518. The van der Waals surface area contributed by atoms with Crippen LogP contribution in [0.5, 0.6) is 5.75 Å². The Hall–Kier alpha value is -3.61. The van der Waals surface area contributed by atoms with Gasteiger partial charge in [0, 0.05) is 5.56 Å². The van der Waals surface area contributed by atoms with Gasteiger partial charge in [-0.2, -0.15) is 0 Å². The van der Waals surface area contributed by atoms with E-state index in [4.69, 9.17) is 4.74 Å². The summed E-state index contributed by atoms with van der Waals surface area (Å²) in [5.74, 6) is -1.56. The molecule has 2 rings (SSSR count). The lowest BCUT2D eigenvalue weighted by molar-refractivity contribution is -0.141. The minimum Gasteiger partial charge on any atom is -0.497 e. The topological polar surface area (TPSA) is 105 Å². The van der Waals surface area contributed by atoms with E-state index < -0.39 is 23.8 Å². The monoisotopic (exact) mass is 410 g/mol. The van der Waals surface area contributed by atoms with E-state index in [0.29, 0.717) is 16.9 Å². The molecule has 0 fully saturated rings. The molecule has 2 aromatic carbocycles. The van der Waals surface area contributed by atoms with Crippen molar-refractivity contribution in [1.29, 1.82) is 0 Å². The maximum Gasteiger partial charge on any atom is 0.326 e. The van der Waals surface area contributed by atoms with Gasteiger partial charge in [0.1, 0.15) is 17.5 Å². The van der Waals surface area contributed by atoms with Crippen molar-refractivity contribution >= 4 is 23.9 Å². The molecule has 7 heteroatoms. The Morgan fingerprint density at radius 2 is 1.67 bits per heavy atom. The standard InChI is InChI=1S/C23H26N2O5/c1-15(2)13-20(23(28)29)25-22(27)19(14-16-9-11-18(30-3)12-10-16)24-21(26)17-7-5-4-6-8-17/h4-12,14-15,20H,13H2,1-3H3,(H,24,26)(H,25,27)(H,28,29)/b19-14-/t20-/m1/s1. The van der Waals surface area contributed by atoms with Gasteiger partial charge in [-0.25, -0.2) is 4.79 Å². The van der Waals surface area contributed by atoms with Gasteiger partial charge in [-0.3, -0.25) is 9.59 Å². The van der Waals surface area contributed by atoms with Gasteiger partial charge in [-0.05, 0) is 48.2 Å². The van der Waals surface area contributed by atoms with E-state index in [9.17, 15) is 19.5 Å². The van der Waals surface area contributed by atoms with Crippen molar-refractivity contribution in [1.82, 2.24) is 10.6 Å². The molecule has 0 aliphatic heterocycles. The molecular formula is C23H26N2O5. The number of aliphatic carboxylic acids is 1. The van der Waals surface area contributed by atoms with Crippen LogP contribution in [0.3, 0.4) is 0 Å². The number of carbonyl (C=O) groups excluding carboxylic acids is 2. The quantitative estimate of drug-likeness (QED) is 0.551. The Morgan fingerprint density at radius 1 is 1.03 bits per heavy atom. The van der Waals surface area contributed by atoms with Crippen LogP contribution in [-0.4, -0.2) is 36.0 Å². The first kappa shape index (κ1) is 22.7. The number of hydrogen-bond donors (Lipinski definition) is 3. The van der Waals surface area contributed by atoms with Crippen LogP contribution in [0.1, 0.15) is 36.2 Å². The third-order valence-electron chi connectivity index (χ3n) is 4.27. The number of carboxylic acids is 1. The Kier molecular flexibility index (Phi) is 8.17. The summed E-state index contributed by atoms with van der Waals surface area (Å²) in [6.07, 6.45) is 1.76. The fourth-order valence-corrected chi connectivity index (χ4v) is 2.74. The predicted molar refractivity (Wildman–Crippen MR) is 114 cm³/mol. The van der Waals surface area contributed by atoms with E-state index in [1.54, 1.807) is 61.7 Å². The highest BCUT2D eigenvalue weighted by Crippen LogP contribution is 2.14. The molecule has 30 heavy (non-hydrogen) atoms. The van der Waals surface area contributed by atoms with Gasteiger partial charge in [0.05, 0.1) is 7.11 Å². The van der Waals surface area contributed by atoms with Crippen LogP contribution in [0.15, 0.2) is 60.3 Å². The molecule has 2 aromatic rings. The number of rotatable bonds is 9. The van der Waals surface area contributed by atoms with E-state index in [-0.39, 0.29) is 18.0 Å². The van der Waals surface area contributed by atoms with E-state index in [1.165, 1.54) is 6.08 Å². The summed E-state index contributed by atoms with van der Waals surface area (Å²) in [5, 5.41) is 14.5. The minimum atomic E-state index is -1.13. The number of methoxy groups -OCH3 is 1. The fourth-order valence-electron chi connectivity index (χ4n) is 2.74. The summed E-state index contributed by atoms with van der Waals surface area (Å²) in [6, 6.07) is 14.3. The first-order valence-corrected chi connectivity index (χ1v) is 9.56. The zero-order chi connectivity index (χ0) is 22.1. The SMILES string of the molecule is COc1ccc(/C=C(\NC(=O)c2ccccc2)C(=O)N[C@H](CC(C)C)C(=O)O)cc1. The number of carboxylic acid groups (broad SMARTS) is 1. The number of ether oxygens (including phenoxy) is 1. The number of amides is 2. The molecule has 3 N–H and O–H groups in total. The van der Waals surface area contributed by atoms with Gasteiger partial charge in [-0.15, -0.1) is 0 Å². The highest BCUT2D eigenvalue weighted by atomic mass is 16.5. The molecule has 2 amide bonds. The van der Waals surface area contributed by atoms with Gasteiger partial charge >= 0.3 is 5.97 Å². The van der Waals surface area contributed by atoms with Crippen molar-refractivity contribution in [2.24, 2.45) is 5.92 Å². The zero-order valence-electron chi connectivity index (χ0n) is 17.2. The first-order chi connectivity index (χ1) is 14.3. The molecule has 0 unspecified atom stereocenters. The van der Waals surface area contributed by atoms with E-state index in [0.717, 1.165) is 0 Å². The molecule has 0 aliphatic rings. The number of hydrogen-bond acceptors (Lipinski definition) is 4. The number of carbonyl (C=O) groups is 3. The molecule has 0 aromatic heterocycles. The van der Waals surface area contributed by atoms with E-state index >= 15 is 0 Å². The zero-order valence-corrected chi connectivity index (χ0v) is 17.2. The summed E-state index contributed by atoms with van der Waals surface area (Å²) in [7, 11) is 1.55. The second-order valence-electron chi connectivity index (χ2n) is 7.15. The molecule has 158 valence electrons. The van der Waals surface area contributed by atoms with Gasteiger partial charge in [0.2, 0.25) is 0 Å². The third kappa shape index (κ3) is 6.77. The van der Waals surface area contributed by atoms with Crippen LogP contribution in [0.25, 0.3) is 6.08 Å². The van der Waals surface area contributed by atoms with Gasteiger partial charge < -0.3 is 20.5 Å². The van der Waals surface area contributed by atoms with Crippen molar-refractivity contribution in [3.8, 4) is 5.75 Å². The maximum atomic E-state index is 12.9. The molecule has 0 heterocycles. The lowest BCUT2D eigenvalue weighted by Gasteiger charge is -2.18. The number of nitrogens with one attached hydrogen (secondary N) is 2. The second-order valence-corrected chi connectivity index (χ2v) is 7.15. The molecule has 7 nitrogen and oxygen atoms in total. The molecule has 0 saturated heterocycles. The summed E-state index contributed by atoms with van der Waals surface area (Å²) in [6.45, 7) is 3.74. The van der Waals surface area contributed by atoms with Crippen LogP contribution >= 0.6 is 0 Å². The smallest absolute Gasteiger partial charge is 0.326 e. The summed E-state index contributed by atoms with van der Waals surface area (Å²) < 4.78 is 5.12. The van der Waals surface area contributed by atoms with Crippen molar-refractivity contribution in [2.45, 2.75) is 26.3 Å². The summed E-state index contributed by atoms with van der Waals surface area (Å²) in [5.41, 5.74) is 0.969. The van der Waals surface area contributed by atoms with E-state index in [2.05, 4.69) is 10.6 Å². The summed E-state index contributed by atoms with van der Waals surface area (Å²) in [4.78, 5) is 37.0. The van der Waals surface area contributed by atoms with Crippen LogP contribution < -0.4 is 15.4 Å². The molecule has 1 atom stereocenters. The van der Waals surface area contributed by atoms with Crippen LogP contribution in [0, 0.1) is 5.92 Å². The third-order valence-corrected chi connectivity index (χ3v) is 4.27. The van der Waals surface area contributed by atoms with E-state index in [1.807, 2.05) is 13.8 Å². The van der Waals surface area contributed by atoms with Crippen LogP contribution in [0.4, 0.5) is 0 Å². The molecular weight excluding hydrogens is 384 g/mol. The van der Waals surface area contributed by atoms with Gasteiger partial charge in [0.15, 0.2) is 0 Å². The molecule has 0 bridgehead atoms. The lowest BCUT2D eigenvalue weighted by Crippen LogP contribution is -2.45. The van der Waals surface area contributed by atoms with Crippen LogP contribution in [-0.2, 0) is 9.59 Å². The normalized spacial score (nSPS) is 12.2. The second kappa shape index (κ2) is 10.8. The predicted octanol–water partition coefficient (Wildman–Crippen LogP) is 3.08. The van der Waals surface area contributed by atoms with Crippen molar-refractivity contribution in [3.05, 3.63) is 71.4 Å². The van der Waals surface area contributed by atoms with Crippen molar-refractivity contribution < 1.29 is 24.2 Å². The first-order valence-electron chi connectivity index (χ1n) is 9.56. The largest absolute Gasteiger partial charge is 0.497 e. The number of benzene rings is 2. The Labute approximate surface area is 175 Å². The lowest BCUT2D eigenvalue weighted by atomic mass is 10.0. The Bertz CT molecular complexity index is 905. The van der Waals surface area contributed by atoms with Gasteiger partial charge in [-0.1, -0.05) is 44.2 Å². The maximum absolute atomic E-state index is 12.9. The van der Waals surface area contributed by atoms with Crippen molar-refractivity contribution in [2.75, 3.05) is 7.11 Å². The van der Waals surface area contributed by atoms with Crippen molar-refractivity contribution in [3.63, 3.8) is 0 Å². The fraction of sp³-hybridized carbons (Fsp3) is 0.261. The molecule has 0 saturated carbocycles. The highest BCUT2D eigenvalue weighted by Gasteiger charge is 2.24. The average molecular weight is 410 g/mol.